The highest BCUT2D eigenvalue weighted by Crippen LogP contribution is 2.44. The molecule has 0 amide bonds. The number of carbonyl (C=O) groups excluding carboxylic acids is 1. The molecule has 1 fully saturated rings. The number of carbonyl (C=O) groups is 1. The Morgan fingerprint density at radius 2 is 1.73 bits per heavy atom. The molecule has 0 spiro atoms. The number of aromatic amines is 1. The van der Waals surface area contributed by atoms with E-state index in [4.69, 9.17) is 14.4 Å². The van der Waals surface area contributed by atoms with Gasteiger partial charge in [0.15, 0.2) is 17.1 Å². The maximum absolute atomic E-state index is 13.9. The maximum atomic E-state index is 13.9. The molecule has 4 aliphatic heterocycles. The van der Waals surface area contributed by atoms with Gasteiger partial charge >= 0.3 is 0 Å². The quantitative estimate of drug-likeness (QED) is 0.529. The van der Waals surface area contributed by atoms with E-state index in [0.717, 1.165) is 44.8 Å². The van der Waals surface area contributed by atoms with Gasteiger partial charge in [-0.2, -0.15) is 0 Å². The molecule has 7 heterocycles. The Morgan fingerprint density at radius 3 is 2.52 bits per heavy atom. The van der Waals surface area contributed by atoms with Crippen LogP contribution in [0.4, 0.5) is 0 Å². The van der Waals surface area contributed by atoms with Gasteiger partial charge in [0.05, 0.1) is 28.7 Å². The third-order valence-corrected chi connectivity index (χ3v) is 7.80. The van der Waals surface area contributed by atoms with Gasteiger partial charge in [-0.15, -0.1) is 0 Å². The molecule has 3 aromatic rings. The van der Waals surface area contributed by atoms with Crippen LogP contribution in [-0.4, -0.2) is 37.7 Å². The van der Waals surface area contributed by atoms with Gasteiger partial charge in [0.2, 0.25) is 5.89 Å². The van der Waals surface area contributed by atoms with Gasteiger partial charge in [-0.25, -0.2) is 9.98 Å². The van der Waals surface area contributed by atoms with E-state index in [1.54, 1.807) is 12.4 Å². The molecule has 7 rings (SSSR count). The van der Waals surface area contributed by atoms with Gasteiger partial charge in [0.1, 0.15) is 5.54 Å². The van der Waals surface area contributed by atoms with Crippen LogP contribution in [0.3, 0.4) is 0 Å². The fourth-order valence-corrected chi connectivity index (χ4v) is 5.71. The third-order valence-electron chi connectivity index (χ3n) is 7.80. The summed E-state index contributed by atoms with van der Waals surface area (Å²) in [5, 5.41) is 5.37. The van der Waals surface area contributed by atoms with E-state index >= 15 is 0 Å². The molecule has 0 aromatic carbocycles. The van der Waals surface area contributed by atoms with Gasteiger partial charge in [0.25, 0.3) is 0 Å². The first-order valence-electron chi connectivity index (χ1n) is 13.2. The summed E-state index contributed by atoms with van der Waals surface area (Å²) in [6, 6.07) is 7.82. The number of hydrogen-bond donors (Lipinski definition) is 2. The summed E-state index contributed by atoms with van der Waals surface area (Å²) in [6.07, 6.45) is 19.2. The molecule has 3 aromatic heterocycles. The molecular weight excluding hydrogens is 500 g/mol. The van der Waals surface area contributed by atoms with Crippen molar-refractivity contribution in [2.45, 2.75) is 38.8 Å². The number of pyridine rings is 1. The van der Waals surface area contributed by atoms with Crippen molar-refractivity contribution in [3.05, 3.63) is 107 Å². The SMILES string of the molecule is Cc1cc(-c2ncc(C34C=CC(=N3)C=c3ccc([nH]3)=CC3=NC(=CC5(C)NC(=C4)C(C)(C)C5=O)C=C3)o2)ccn1. The zero-order valence-electron chi connectivity index (χ0n) is 22.7. The van der Waals surface area contributed by atoms with Gasteiger partial charge in [-0.3, -0.25) is 14.8 Å². The Balaban J connectivity index is 1.44. The lowest BCUT2D eigenvalue weighted by atomic mass is 9.79. The highest BCUT2D eigenvalue weighted by atomic mass is 16.4. The summed E-state index contributed by atoms with van der Waals surface area (Å²) in [5.74, 6) is 1.09. The molecular formula is C32H28N6O2. The minimum Gasteiger partial charge on any atom is -0.438 e. The van der Waals surface area contributed by atoms with E-state index in [9.17, 15) is 4.79 Å². The normalized spacial score (nSPS) is 25.9. The molecule has 0 saturated carbocycles. The van der Waals surface area contributed by atoms with Crippen molar-refractivity contribution in [3.63, 3.8) is 0 Å². The molecule has 8 bridgehead atoms. The maximum Gasteiger partial charge on any atom is 0.226 e. The van der Waals surface area contributed by atoms with Crippen LogP contribution in [0.1, 0.15) is 32.2 Å². The summed E-state index contributed by atoms with van der Waals surface area (Å²) in [5.41, 5.74) is 2.03. The minimum atomic E-state index is -1.01. The van der Waals surface area contributed by atoms with Crippen LogP contribution in [-0.2, 0) is 10.3 Å². The summed E-state index contributed by atoms with van der Waals surface area (Å²) in [4.78, 5) is 36.0. The van der Waals surface area contributed by atoms with Crippen molar-refractivity contribution in [2.75, 3.05) is 0 Å². The Bertz CT molecular complexity index is 1910. The number of nitrogens with one attached hydrogen (secondary N) is 2. The topological polar surface area (TPSA) is 109 Å². The Morgan fingerprint density at radius 1 is 0.925 bits per heavy atom. The largest absolute Gasteiger partial charge is 0.438 e. The molecule has 2 unspecified atom stereocenters. The first kappa shape index (κ1) is 24.2. The lowest BCUT2D eigenvalue weighted by Gasteiger charge is -2.23. The van der Waals surface area contributed by atoms with Crippen molar-refractivity contribution in [1.29, 1.82) is 0 Å². The molecule has 0 radical (unpaired) electrons. The van der Waals surface area contributed by atoms with Crippen molar-refractivity contribution in [3.8, 4) is 11.5 Å². The van der Waals surface area contributed by atoms with Crippen LogP contribution in [0.15, 0.2) is 98.9 Å². The van der Waals surface area contributed by atoms with E-state index in [1.807, 2.05) is 101 Å². The van der Waals surface area contributed by atoms with E-state index < -0.39 is 16.5 Å². The number of allylic oxidation sites excluding steroid dienone is 4. The number of aliphatic imine (C=N–C) groups is 2. The van der Waals surface area contributed by atoms with Crippen molar-refractivity contribution in [1.82, 2.24) is 20.3 Å². The molecule has 40 heavy (non-hydrogen) atoms. The number of rotatable bonds is 2. The Hall–Kier alpha value is -4.85. The lowest BCUT2D eigenvalue weighted by Crippen LogP contribution is -2.41. The number of hydrogen-bond acceptors (Lipinski definition) is 7. The smallest absolute Gasteiger partial charge is 0.226 e. The van der Waals surface area contributed by atoms with Crippen LogP contribution in [0, 0.1) is 12.3 Å². The summed E-state index contributed by atoms with van der Waals surface area (Å²) < 4.78 is 6.37. The molecule has 1 saturated heterocycles. The van der Waals surface area contributed by atoms with E-state index in [2.05, 4.69) is 20.3 Å². The Kier molecular flexibility index (Phi) is 5.04. The van der Waals surface area contributed by atoms with E-state index in [-0.39, 0.29) is 5.78 Å². The van der Waals surface area contributed by atoms with Gasteiger partial charge in [0, 0.05) is 33.8 Å². The minimum absolute atomic E-state index is 0.0519. The number of ketones is 1. The number of aryl methyl sites for hydroxylation is 1. The highest BCUT2D eigenvalue weighted by molar-refractivity contribution is 6.20. The summed E-state index contributed by atoms with van der Waals surface area (Å²) >= 11 is 0. The fourth-order valence-electron chi connectivity index (χ4n) is 5.71. The first-order chi connectivity index (χ1) is 19.1. The average Bonchev–Trinajstić information content (AvgIpc) is 3.73. The van der Waals surface area contributed by atoms with Crippen molar-refractivity contribution in [2.24, 2.45) is 15.4 Å². The second-order valence-corrected chi connectivity index (χ2v) is 11.3. The zero-order chi connectivity index (χ0) is 27.7. The molecule has 2 N–H and O–H groups in total. The third kappa shape index (κ3) is 3.87. The van der Waals surface area contributed by atoms with Crippen LogP contribution in [0.25, 0.3) is 23.6 Å². The van der Waals surface area contributed by atoms with Crippen molar-refractivity contribution < 1.29 is 9.21 Å². The number of H-pyrrole nitrogens is 1. The number of aromatic nitrogens is 3. The number of nitrogens with zero attached hydrogens (tertiary/aromatic N) is 4. The average molecular weight is 529 g/mol. The molecule has 0 aliphatic carbocycles. The van der Waals surface area contributed by atoms with Crippen LogP contribution in [0.2, 0.25) is 0 Å². The van der Waals surface area contributed by atoms with E-state index in [0.29, 0.717) is 11.7 Å². The van der Waals surface area contributed by atoms with Crippen LogP contribution < -0.4 is 16.0 Å². The molecule has 8 nitrogen and oxygen atoms in total. The number of oxazole rings is 1. The van der Waals surface area contributed by atoms with Gasteiger partial charge in [-0.05, 0) is 101 Å². The lowest BCUT2D eigenvalue weighted by molar-refractivity contribution is -0.126. The fraction of sp³-hybridized carbons (Fsp3) is 0.219. The second-order valence-electron chi connectivity index (χ2n) is 11.3. The monoisotopic (exact) mass is 528 g/mol. The molecule has 8 heteroatoms. The van der Waals surface area contributed by atoms with Gasteiger partial charge in [-0.1, -0.05) is 0 Å². The molecule has 198 valence electrons. The number of Topliss-reactive ketones (excluding diaryl/α,β-unsaturated/α-hetero) is 1. The number of fused-ring (bicyclic) bond motifs is 6. The zero-order valence-corrected chi connectivity index (χ0v) is 22.7. The first-order valence-corrected chi connectivity index (χ1v) is 13.2. The second kappa shape index (κ2) is 8.32. The van der Waals surface area contributed by atoms with Gasteiger partial charge < -0.3 is 14.7 Å². The van der Waals surface area contributed by atoms with Crippen LogP contribution >= 0.6 is 0 Å². The standard InChI is InChI=1S/C32H28N6O2/c1-19-13-20(10-12-33-19)28-34-18-27(40-28)32-11-9-24(37-32)15-23-6-5-21(35-23)14-22-7-8-25(36-22)16-31(4)29(39)30(2,3)26(17-32)38-31/h5-18,35,38H,1-4H3. The molecule has 4 aliphatic rings. The summed E-state index contributed by atoms with van der Waals surface area (Å²) in [7, 11) is 0. The van der Waals surface area contributed by atoms with E-state index in [1.165, 1.54) is 0 Å². The predicted octanol–water partition coefficient (Wildman–Crippen LogP) is 3.59. The van der Waals surface area contributed by atoms with Crippen LogP contribution in [0.5, 0.6) is 0 Å². The summed E-state index contributed by atoms with van der Waals surface area (Å²) in [6.45, 7) is 7.70. The predicted molar refractivity (Wildman–Crippen MR) is 155 cm³/mol. The Labute approximate surface area is 231 Å². The highest BCUT2D eigenvalue weighted by Gasteiger charge is 2.52. The molecule has 2 atom stereocenters. The van der Waals surface area contributed by atoms with Crippen molar-refractivity contribution >= 4 is 29.4 Å².